The topological polar surface area (TPSA) is 49.4 Å². The van der Waals surface area contributed by atoms with Crippen LogP contribution < -0.4 is 19.7 Å². The summed E-state index contributed by atoms with van der Waals surface area (Å²) in [4.78, 5) is 8.26. The van der Waals surface area contributed by atoms with Gasteiger partial charge in [0.2, 0.25) is 0 Å². The van der Waals surface area contributed by atoms with Gasteiger partial charge in [-0.05, 0) is 67.6 Å². The molecule has 0 saturated carbocycles. The van der Waals surface area contributed by atoms with Crippen LogP contribution in [0.3, 0.4) is 0 Å². The van der Waals surface area contributed by atoms with Gasteiger partial charge in [-0.2, -0.15) is 0 Å². The van der Waals surface area contributed by atoms with Crippen LogP contribution in [0.4, 0.5) is 15.8 Å². The Morgan fingerprint density at radius 3 is 2.91 bits per heavy atom. The van der Waals surface area contributed by atoms with Gasteiger partial charge in [0.15, 0.2) is 0 Å². The fourth-order valence-electron chi connectivity index (χ4n) is 4.57. The minimum atomic E-state index is -0.275. The number of fused-ring (bicyclic) bond motifs is 3. The Morgan fingerprint density at radius 1 is 1.25 bits per heavy atom. The molecule has 1 unspecified atom stereocenters. The second-order valence-corrected chi connectivity index (χ2v) is 9.37. The van der Waals surface area contributed by atoms with Crippen molar-refractivity contribution < 1.29 is 9.13 Å². The molecule has 4 aliphatic rings. The Kier molecular flexibility index (Phi) is 5.93. The highest BCUT2D eigenvalue weighted by Gasteiger charge is 2.31. The van der Waals surface area contributed by atoms with Gasteiger partial charge in [0.1, 0.15) is 11.6 Å². The summed E-state index contributed by atoms with van der Waals surface area (Å²) in [5.74, 6) is 0.610. The van der Waals surface area contributed by atoms with Crippen LogP contribution in [0.15, 0.2) is 47.5 Å². The largest absolute Gasteiger partial charge is 0.497 e. The van der Waals surface area contributed by atoms with Crippen molar-refractivity contribution in [2.75, 3.05) is 36.4 Å². The third kappa shape index (κ3) is 4.14. The molecule has 0 spiro atoms. The highest BCUT2D eigenvalue weighted by atomic mass is 32.2. The van der Waals surface area contributed by atoms with Crippen LogP contribution in [-0.4, -0.2) is 37.8 Å². The van der Waals surface area contributed by atoms with E-state index in [4.69, 9.17) is 4.74 Å². The number of rotatable bonds is 5. The number of nitrogens with one attached hydrogen (secondary N) is 2. The highest BCUT2D eigenvalue weighted by molar-refractivity contribution is 8.04. The number of aromatic nitrogens is 1. The third-order valence-corrected chi connectivity index (χ3v) is 6.91. The standard InChI is InChI=1S/C25H27FN4OS/c1-16-13-22-23(29-32-16)21-14-18(26)9-10-28-24(21)25(22)30-12-11-27-19(15-30)6-3-17-4-7-20(31-2)8-5-17/h4-5,7-10,13-14,19,27,29H,3,6,11-12,15H2,1-2H3. The molecule has 0 amide bonds. The summed E-state index contributed by atoms with van der Waals surface area (Å²) < 4.78 is 22.9. The first-order valence-corrected chi connectivity index (χ1v) is 11.8. The van der Waals surface area contributed by atoms with Crippen LogP contribution in [-0.2, 0) is 6.42 Å². The van der Waals surface area contributed by atoms with Crippen LogP contribution in [0.25, 0.3) is 17.3 Å². The molecule has 1 aromatic carbocycles. The van der Waals surface area contributed by atoms with Crippen molar-refractivity contribution in [3.63, 3.8) is 0 Å². The Bertz CT molecular complexity index is 1120. The first-order chi connectivity index (χ1) is 15.6. The zero-order valence-electron chi connectivity index (χ0n) is 18.3. The molecule has 2 N–H and O–H groups in total. The van der Waals surface area contributed by atoms with Crippen LogP contribution in [0.5, 0.6) is 5.75 Å². The predicted octanol–water partition coefficient (Wildman–Crippen LogP) is 5.18. The maximum absolute atomic E-state index is 14.2. The molecule has 1 atom stereocenters. The fourth-order valence-corrected chi connectivity index (χ4v) is 5.23. The van der Waals surface area contributed by atoms with Crippen molar-refractivity contribution in [2.24, 2.45) is 0 Å². The molecule has 1 aromatic rings. The van der Waals surface area contributed by atoms with E-state index in [9.17, 15) is 4.39 Å². The van der Waals surface area contributed by atoms with Crippen molar-refractivity contribution in [1.29, 1.82) is 0 Å². The van der Waals surface area contributed by atoms with Gasteiger partial charge in [-0.1, -0.05) is 12.1 Å². The molecule has 1 aliphatic carbocycles. The van der Waals surface area contributed by atoms with Gasteiger partial charge in [-0.15, -0.1) is 0 Å². The third-order valence-electron chi connectivity index (χ3n) is 6.17. The van der Waals surface area contributed by atoms with Crippen LogP contribution in [0.2, 0.25) is 0 Å². The summed E-state index contributed by atoms with van der Waals surface area (Å²) in [5.41, 5.74) is 6.18. The number of benzene rings is 1. The molecule has 5 rings (SSSR count). The molecule has 32 heavy (non-hydrogen) atoms. The van der Waals surface area contributed by atoms with Crippen LogP contribution in [0, 0.1) is 5.82 Å². The van der Waals surface area contributed by atoms with Gasteiger partial charge in [0.25, 0.3) is 0 Å². The number of aryl methyl sites for hydroxylation is 1. The number of hydrogen-bond donors (Lipinski definition) is 2. The SMILES string of the molecule is COc1ccc(CCC2CN(c3c4nccc(F)cc-4c4c3C=C(C)SN4)CCN2)cc1. The Hall–Kier alpha value is -2.77. The lowest BCUT2D eigenvalue weighted by atomic mass is 10.0. The molecule has 166 valence electrons. The number of allylic oxidation sites excluding steroid dienone is 1. The van der Waals surface area contributed by atoms with Gasteiger partial charge in [0.05, 0.1) is 24.2 Å². The van der Waals surface area contributed by atoms with E-state index in [1.807, 2.05) is 12.1 Å². The van der Waals surface area contributed by atoms with Gasteiger partial charge >= 0.3 is 0 Å². The number of piperazine rings is 1. The second kappa shape index (κ2) is 9.00. The van der Waals surface area contributed by atoms with Gasteiger partial charge < -0.3 is 19.7 Å². The van der Waals surface area contributed by atoms with Gasteiger partial charge in [-0.3, -0.25) is 4.98 Å². The lowest BCUT2D eigenvalue weighted by Gasteiger charge is -2.36. The monoisotopic (exact) mass is 450 g/mol. The van der Waals surface area contributed by atoms with E-state index in [1.54, 1.807) is 31.3 Å². The minimum absolute atomic E-state index is 0.275. The molecule has 1 saturated heterocycles. The van der Waals surface area contributed by atoms with Crippen molar-refractivity contribution in [1.82, 2.24) is 10.3 Å². The summed E-state index contributed by atoms with van der Waals surface area (Å²) in [7, 11) is 1.69. The Morgan fingerprint density at radius 2 is 2.09 bits per heavy atom. The van der Waals surface area contributed by atoms with Crippen molar-refractivity contribution in [2.45, 2.75) is 25.8 Å². The van der Waals surface area contributed by atoms with Crippen LogP contribution in [0.1, 0.15) is 24.5 Å². The molecule has 3 heterocycles. The van der Waals surface area contributed by atoms with E-state index in [0.29, 0.717) is 6.04 Å². The van der Waals surface area contributed by atoms with Gasteiger partial charge in [0, 0.05) is 47.9 Å². The smallest absolute Gasteiger partial charge is 0.125 e. The number of ether oxygens (including phenoxy) is 1. The number of hydrogen-bond acceptors (Lipinski definition) is 6. The number of halogens is 1. The average Bonchev–Trinajstić information content (AvgIpc) is 2.96. The second-order valence-electron chi connectivity index (χ2n) is 8.32. The average molecular weight is 451 g/mol. The lowest BCUT2D eigenvalue weighted by Crippen LogP contribution is -2.51. The molecule has 0 radical (unpaired) electrons. The molecule has 5 nitrogen and oxygen atoms in total. The van der Waals surface area contributed by atoms with E-state index in [2.05, 4.69) is 45.1 Å². The van der Waals surface area contributed by atoms with E-state index in [1.165, 1.54) is 16.5 Å². The zero-order valence-corrected chi connectivity index (χ0v) is 19.1. The normalized spacial score (nSPS) is 18.2. The summed E-state index contributed by atoms with van der Waals surface area (Å²) in [6, 6.07) is 11.7. The van der Waals surface area contributed by atoms with Crippen molar-refractivity contribution >= 4 is 29.4 Å². The number of nitrogens with zero attached hydrogens (tertiary/aromatic N) is 2. The fraction of sp³-hybridized carbons (Fsp3) is 0.320. The molecule has 0 aromatic heterocycles. The predicted molar refractivity (Wildman–Crippen MR) is 131 cm³/mol. The lowest BCUT2D eigenvalue weighted by molar-refractivity contribution is 0.414. The quantitative estimate of drug-likeness (QED) is 0.523. The molecular weight excluding hydrogens is 423 g/mol. The first-order valence-electron chi connectivity index (χ1n) is 11.0. The first kappa shape index (κ1) is 21.1. The summed E-state index contributed by atoms with van der Waals surface area (Å²) >= 11 is 1.57. The minimum Gasteiger partial charge on any atom is -0.497 e. The van der Waals surface area contributed by atoms with Crippen molar-refractivity contribution in [3.05, 3.63) is 64.4 Å². The van der Waals surface area contributed by atoms with Gasteiger partial charge in [-0.25, -0.2) is 4.39 Å². The molecule has 0 bridgehead atoms. The van der Waals surface area contributed by atoms with Crippen LogP contribution >= 0.6 is 11.9 Å². The summed E-state index contributed by atoms with van der Waals surface area (Å²) in [6.07, 6.45) is 5.81. The van der Waals surface area contributed by atoms with E-state index >= 15 is 0 Å². The Labute approximate surface area is 192 Å². The Balaban J connectivity index is 1.40. The summed E-state index contributed by atoms with van der Waals surface area (Å²) in [6.45, 7) is 4.79. The highest BCUT2D eigenvalue weighted by Crippen LogP contribution is 2.50. The maximum Gasteiger partial charge on any atom is 0.125 e. The molecule has 7 heteroatoms. The zero-order chi connectivity index (χ0) is 22.1. The summed E-state index contributed by atoms with van der Waals surface area (Å²) in [5, 5.41) is 3.67. The molecule has 3 aliphatic heterocycles. The number of anilines is 2. The molecule has 1 fully saturated rings. The van der Waals surface area contributed by atoms with E-state index in [-0.39, 0.29) is 5.82 Å². The number of methoxy groups -OCH3 is 1. The van der Waals surface area contributed by atoms with E-state index in [0.717, 1.165) is 66.4 Å². The maximum atomic E-state index is 14.2. The van der Waals surface area contributed by atoms with E-state index < -0.39 is 0 Å². The molecular formula is C25H27FN4OS. The van der Waals surface area contributed by atoms with Crippen molar-refractivity contribution in [3.8, 4) is 17.0 Å².